The third-order valence-corrected chi connectivity index (χ3v) is 4.36. The highest BCUT2D eigenvalue weighted by molar-refractivity contribution is 7.89. The van der Waals surface area contributed by atoms with Crippen molar-refractivity contribution < 1.29 is 22.9 Å². The van der Waals surface area contributed by atoms with Crippen molar-refractivity contribution in [3.63, 3.8) is 0 Å². The summed E-state index contributed by atoms with van der Waals surface area (Å²) in [5.74, 6) is -0.817. The van der Waals surface area contributed by atoms with Crippen LogP contribution in [0.1, 0.15) is 15.9 Å². The molecule has 0 saturated carbocycles. The Balaban J connectivity index is 2.16. The number of esters is 1. The first kappa shape index (κ1) is 17.9. The molecule has 2 aromatic rings. The lowest BCUT2D eigenvalue weighted by Gasteiger charge is -2.07. The summed E-state index contributed by atoms with van der Waals surface area (Å²) in [5, 5.41) is 15.6. The molecule has 2 rings (SSSR count). The van der Waals surface area contributed by atoms with E-state index in [2.05, 4.69) is 0 Å². The molecule has 0 aliphatic carbocycles. The Morgan fingerprint density at radius 1 is 1.25 bits per heavy atom. The number of sulfonamides is 1. The summed E-state index contributed by atoms with van der Waals surface area (Å²) in [5.41, 5.74) is 0.221. The quantitative estimate of drug-likeness (QED) is 0.488. The van der Waals surface area contributed by atoms with Gasteiger partial charge in [0.1, 0.15) is 11.5 Å². The van der Waals surface area contributed by atoms with Crippen LogP contribution >= 0.6 is 11.6 Å². The predicted molar refractivity (Wildman–Crippen MR) is 85.0 cm³/mol. The average Bonchev–Trinajstić information content (AvgIpc) is 2.52. The second kappa shape index (κ2) is 6.95. The van der Waals surface area contributed by atoms with Crippen LogP contribution in [0.2, 0.25) is 5.02 Å². The van der Waals surface area contributed by atoms with Gasteiger partial charge in [0.05, 0.1) is 15.5 Å². The number of nitro groups is 1. The molecule has 2 aromatic carbocycles. The van der Waals surface area contributed by atoms with E-state index >= 15 is 0 Å². The van der Waals surface area contributed by atoms with Gasteiger partial charge in [0, 0.05) is 12.1 Å². The molecule has 0 fully saturated rings. The number of nitrogens with zero attached hydrogens (tertiary/aromatic N) is 1. The smallest absolute Gasteiger partial charge is 0.338 e. The first-order valence-corrected chi connectivity index (χ1v) is 8.34. The number of nitrogens with two attached hydrogens (primary N) is 1. The van der Waals surface area contributed by atoms with Crippen molar-refractivity contribution in [1.82, 2.24) is 0 Å². The Bertz CT molecular complexity index is 913. The minimum absolute atomic E-state index is 0.0612. The van der Waals surface area contributed by atoms with Gasteiger partial charge in [0.2, 0.25) is 10.0 Å². The van der Waals surface area contributed by atoms with Crippen molar-refractivity contribution in [3.8, 4) is 0 Å². The number of non-ortho nitro benzene ring substituents is 1. The van der Waals surface area contributed by atoms with Gasteiger partial charge in [-0.1, -0.05) is 23.7 Å². The SMILES string of the molecule is NS(=O)(=O)c1cc(C(=O)OCc2cccc([N+](=O)[O-])c2)ccc1Cl. The van der Waals surface area contributed by atoms with Crippen LogP contribution in [-0.2, 0) is 21.4 Å². The second-order valence-electron chi connectivity index (χ2n) is 4.69. The lowest BCUT2D eigenvalue weighted by atomic mass is 10.2. The Labute approximate surface area is 142 Å². The van der Waals surface area contributed by atoms with Gasteiger partial charge in [-0.2, -0.15) is 0 Å². The van der Waals surface area contributed by atoms with E-state index in [-0.39, 0.29) is 22.9 Å². The molecule has 0 unspecified atom stereocenters. The number of carbonyl (C=O) groups excluding carboxylic acids is 1. The molecule has 0 aliphatic heterocycles. The normalized spacial score (nSPS) is 11.1. The Morgan fingerprint density at radius 3 is 2.58 bits per heavy atom. The molecule has 0 bridgehead atoms. The van der Waals surface area contributed by atoms with E-state index in [0.29, 0.717) is 5.56 Å². The van der Waals surface area contributed by atoms with Crippen molar-refractivity contribution >= 4 is 33.3 Å². The molecule has 0 aliphatic rings. The summed E-state index contributed by atoms with van der Waals surface area (Å²) >= 11 is 5.73. The number of rotatable bonds is 5. The zero-order valence-corrected chi connectivity index (χ0v) is 13.6. The van der Waals surface area contributed by atoms with Gasteiger partial charge in [-0.15, -0.1) is 0 Å². The molecule has 2 N–H and O–H groups in total. The minimum Gasteiger partial charge on any atom is -0.457 e. The molecule has 10 heteroatoms. The van der Waals surface area contributed by atoms with E-state index in [9.17, 15) is 23.3 Å². The number of halogens is 1. The monoisotopic (exact) mass is 370 g/mol. The van der Waals surface area contributed by atoms with Crippen LogP contribution in [0, 0.1) is 10.1 Å². The van der Waals surface area contributed by atoms with E-state index in [4.69, 9.17) is 21.5 Å². The molecule has 0 atom stereocenters. The standard InChI is InChI=1S/C14H11ClN2O6S/c15-12-5-4-10(7-13(12)24(16,21)22)14(18)23-8-9-2-1-3-11(6-9)17(19)20/h1-7H,8H2,(H2,16,21,22). The second-order valence-corrected chi connectivity index (χ2v) is 6.63. The van der Waals surface area contributed by atoms with Gasteiger partial charge in [0.15, 0.2) is 0 Å². The first-order valence-electron chi connectivity index (χ1n) is 6.41. The van der Waals surface area contributed by atoms with Crippen LogP contribution in [0.15, 0.2) is 47.4 Å². The highest BCUT2D eigenvalue weighted by atomic mass is 35.5. The number of hydrogen-bond acceptors (Lipinski definition) is 6. The predicted octanol–water partition coefficient (Wildman–Crippen LogP) is 2.25. The Kier molecular flexibility index (Phi) is 5.17. The molecule has 0 saturated heterocycles. The number of carbonyl (C=O) groups is 1. The average molecular weight is 371 g/mol. The van der Waals surface area contributed by atoms with Crippen molar-refractivity contribution in [2.75, 3.05) is 0 Å². The molecule has 0 amide bonds. The van der Waals surface area contributed by atoms with Crippen molar-refractivity contribution in [3.05, 3.63) is 68.7 Å². The Morgan fingerprint density at radius 2 is 1.96 bits per heavy atom. The van der Waals surface area contributed by atoms with Gasteiger partial charge >= 0.3 is 5.97 Å². The summed E-state index contributed by atoms with van der Waals surface area (Å²) < 4.78 is 27.8. The number of primary sulfonamides is 1. The van der Waals surface area contributed by atoms with Crippen molar-refractivity contribution in [2.45, 2.75) is 11.5 Å². The van der Waals surface area contributed by atoms with E-state index in [1.54, 1.807) is 6.07 Å². The van der Waals surface area contributed by atoms with Gasteiger partial charge in [-0.25, -0.2) is 18.4 Å². The highest BCUT2D eigenvalue weighted by Gasteiger charge is 2.17. The third kappa shape index (κ3) is 4.28. The number of hydrogen-bond donors (Lipinski definition) is 1. The van der Waals surface area contributed by atoms with Crippen LogP contribution in [-0.4, -0.2) is 19.3 Å². The molecule has 24 heavy (non-hydrogen) atoms. The lowest BCUT2D eigenvalue weighted by Crippen LogP contribution is -2.14. The molecule has 0 spiro atoms. The molecule has 0 aromatic heterocycles. The largest absolute Gasteiger partial charge is 0.457 e. The lowest BCUT2D eigenvalue weighted by molar-refractivity contribution is -0.384. The maximum atomic E-state index is 12.0. The minimum atomic E-state index is -4.09. The van der Waals surface area contributed by atoms with Crippen molar-refractivity contribution in [2.24, 2.45) is 5.14 Å². The zero-order chi connectivity index (χ0) is 17.9. The number of ether oxygens (including phenoxy) is 1. The first-order chi connectivity index (χ1) is 11.2. The summed E-state index contributed by atoms with van der Waals surface area (Å²) in [6, 6.07) is 9.10. The van der Waals surface area contributed by atoms with Gasteiger partial charge < -0.3 is 4.74 Å². The van der Waals surface area contributed by atoms with E-state index in [1.807, 2.05) is 0 Å². The summed E-state index contributed by atoms with van der Waals surface area (Å²) in [6.45, 7) is -0.214. The highest BCUT2D eigenvalue weighted by Crippen LogP contribution is 2.22. The zero-order valence-electron chi connectivity index (χ0n) is 12.0. The maximum absolute atomic E-state index is 12.0. The molecule has 0 heterocycles. The fourth-order valence-corrected chi connectivity index (χ4v) is 2.91. The summed E-state index contributed by atoms with van der Waals surface area (Å²) in [4.78, 5) is 21.7. The fraction of sp³-hybridized carbons (Fsp3) is 0.0714. The van der Waals surface area contributed by atoms with Crippen LogP contribution in [0.3, 0.4) is 0 Å². The summed E-state index contributed by atoms with van der Waals surface area (Å²) in [6.07, 6.45) is 0. The van der Waals surface area contributed by atoms with Crippen LogP contribution in [0.5, 0.6) is 0 Å². The molecule has 8 nitrogen and oxygen atoms in total. The van der Waals surface area contributed by atoms with Gasteiger partial charge in [-0.05, 0) is 23.8 Å². The van der Waals surface area contributed by atoms with Crippen molar-refractivity contribution in [1.29, 1.82) is 0 Å². The Hall–Kier alpha value is -2.49. The molecule has 126 valence electrons. The number of nitro benzene ring substituents is 1. The van der Waals surface area contributed by atoms with Crippen LogP contribution in [0.25, 0.3) is 0 Å². The third-order valence-electron chi connectivity index (χ3n) is 2.96. The van der Waals surface area contributed by atoms with E-state index in [0.717, 1.165) is 6.07 Å². The van der Waals surface area contributed by atoms with Crippen LogP contribution < -0.4 is 5.14 Å². The fourth-order valence-electron chi connectivity index (χ4n) is 1.84. The van der Waals surface area contributed by atoms with Gasteiger partial charge in [-0.3, -0.25) is 10.1 Å². The molecule has 0 radical (unpaired) electrons. The molecular weight excluding hydrogens is 360 g/mol. The summed E-state index contributed by atoms with van der Waals surface area (Å²) in [7, 11) is -4.09. The van der Waals surface area contributed by atoms with E-state index < -0.39 is 25.8 Å². The van der Waals surface area contributed by atoms with Crippen LogP contribution in [0.4, 0.5) is 5.69 Å². The molecular formula is C14H11ClN2O6S. The maximum Gasteiger partial charge on any atom is 0.338 e. The topological polar surface area (TPSA) is 130 Å². The number of benzene rings is 2. The van der Waals surface area contributed by atoms with Gasteiger partial charge in [0.25, 0.3) is 5.69 Å². The van der Waals surface area contributed by atoms with E-state index in [1.165, 1.54) is 30.3 Å².